The Kier molecular flexibility index (Phi) is 25.6. The molecule has 0 aliphatic rings. The quantitative estimate of drug-likeness (QED) is 0.0221. The Morgan fingerprint density at radius 1 is 0.571 bits per heavy atom. The number of esters is 3. The van der Waals surface area contributed by atoms with Gasteiger partial charge in [0.05, 0.1) is 6.42 Å². The molecule has 0 saturated heterocycles. The number of hydrogen-bond donors (Lipinski definition) is 2. The van der Waals surface area contributed by atoms with Crippen molar-refractivity contribution >= 4 is 33.9 Å². The summed E-state index contributed by atoms with van der Waals surface area (Å²) in [6.07, 6.45) is 23.5. The van der Waals surface area contributed by atoms with Gasteiger partial charge < -0.3 is 9.47 Å². The zero-order valence-electron chi connectivity index (χ0n) is 26.5. The molecule has 1 unspecified atom stereocenters. The monoisotopic (exact) mass is 617 g/mol. The molecule has 9 nitrogen and oxygen atoms in total. The fourth-order valence-corrected chi connectivity index (χ4v) is 5.46. The van der Waals surface area contributed by atoms with E-state index in [4.69, 9.17) is 10.1 Å². The van der Waals surface area contributed by atoms with E-state index in [1.165, 1.54) is 83.5 Å². The molecule has 0 radical (unpaired) electrons. The predicted molar refractivity (Wildman–Crippen MR) is 167 cm³/mol. The summed E-state index contributed by atoms with van der Waals surface area (Å²) in [6, 6.07) is 0. The smallest absolute Gasteiger partial charge is 0.335 e. The van der Waals surface area contributed by atoms with Crippen LogP contribution in [0.1, 0.15) is 174 Å². The van der Waals surface area contributed by atoms with Crippen LogP contribution in [-0.4, -0.2) is 42.0 Å². The van der Waals surface area contributed by atoms with E-state index >= 15 is 0 Å². The molecule has 0 aromatic carbocycles. The van der Waals surface area contributed by atoms with Crippen LogP contribution in [0.3, 0.4) is 0 Å². The Bertz CT molecular complexity index is 843. The van der Waals surface area contributed by atoms with Crippen LogP contribution in [-0.2, 0) is 34.0 Å². The van der Waals surface area contributed by atoms with E-state index < -0.39 is 45.6 Å². The van der Waals surface area contributed by atoms with Gasteiger partial charge >= 0.3 is 17.9 Å². The SMILES string of the molecule is CCCCCCCCCCCCCC(=O)OC(=N)CC(C(=O)OC(=O)CCCCCCCCCCCCC)S(=O)(=O)O. The van der Waals surface area contributed by atoms with Gasteiger partial charge in [-0.15, -0.1) is 0 Å². The van der Waals surface area contributed by atoms with Crippen molar-refractivity contribution in [3.05, 3.63) is 0 Å². The van der Waals surface area contributed by atoms with Crippen molar-refractivity contribution in [2.45, 2.75) is 180 Å². The molecule has 2 N–H and O–H groups in total. The number of unbranched alkanes of at least 4 members (excludes halogenated alkanes) is 20. The predicted octanol–water partition coefficient (Wildman–Crippen LogP) is 8.63. The van der Waals surface area contributed by atoms with Gasteiger partial charge in [-0.05, 0) is 12.8 Å². The largest absolute Gasteiger partial charge is 0.412 e. The summed E-state index contributed by atoms with van der Waals surface area (Å²) in [5, 5.41) is 5.59. The molecule has 0 spiro atoms. The summed E-state index contributed by atoms with van der Waals surface area (Å²) < 4.78 is 42.4. The van der Waals surface area contributed by atoms with Gasteiger partial charge in [0, 0.05) is 12.8 Å². The average molecular weight is 618 g/mol. The highest BCUT2D eigenvalue weighted by Crippen LogP contribution is 2.15. The minimum absolute atomic E-state index is 0.0493. The van der Waals surface area contributed by atoms with Crippen LogP contribution in [0.2, 0.25) is 0 Å². The molecule has 0 aromatic rings. The standard InChI is InChI=1S/C32H59NO8S/c1-3-5-7-9-11-13-15-17-19-21-23-25-30(34)40-29(33)27-28(42(37,38)39)32(36)41-31(35)26-24-22-20-18-16-14-12-10-8-6-4-2/h28,33H,3-27H2,1-2H3,(H,37,38,39). The molecule has 0 heterocycles. The van der Waals surface area contributed by atoms with Crippen LogP contribution < -0.4 is 0 Å². The second-order valence-electron chi connectivity index (χ2n) is 11.5. The Morgan fingerprint density at radius 2 is 0.881 bits per heavy atom. The molecule has 0 aliphatic heterocycles. The number of rotatable bonds is 28. The molecule has 0 aliphatic carbocycles. The van der Waals surface area contributed by atoms with E-state index in [2.05, 4.69) is 18.6 Å². The lowest BCUT2D eigenvalue weighted by Gasteiger charge is -2.13. The molecular weight excluding hydrogens is 558 g/mol. The summed E-state index contributed by atoms with van der Waals surface area (Å²) in [6.45, 7) is 4.40. The van der Waals surface area contributed by atoms with Gasteiger partial charge in [0.2, 0.25) is 0 Å². The molecule has 1 atom stereocenters. The second kappa shape index (κ2) is 26.8. The summed E-state index contributed by atoms with van der Waals surface area (Å²) in [7, 11) is -4.98. The van der Waals surface area contributed by atoms with E-state index in [1.807, 2.05) is 0 Å². The molecule has 0 bridgehead atoms. The molecule has 0 fully saturated rings. The zero-order valence-corrected chi connectivity index (χ0v) is 27.3. The normalized spacial score (nSPS) is 12.2. The Balaban J connectivity index is 4.14. The minimum atomic E-state index is -4.98. The van der Waals surface area contributed by atoms with Crippen molar-refractivity contribution in [2.24, 2.45) is 0 Å². The highest BCUT2D eigenvalue weighted by molar-refractivity contribution is 7.87. The lowest BCUT2D eigenvalue weighted by molar-refractivity contribution is -0.159. The fourth-order valence-electron chi connectivity index (χ4n) is 4.80. The first-order chi connectivity index (χ1) is 20.1. The summed E-state index contributed by atoms with van der Waals surface area (Å²) in [5.41, 5.74) is 0. The van der Waals surface area contributed by atoms with Crippen molar-refractivity contribution < 1.29 is 36.8 Å². The lowest BCUT2D eigenvalue weighted by atomic mass is 10.1. The van der Waals surface area contributed by atoms with E-state index in [9.17, 15) is 27.4 Å². The van der Waals surface area contributed by atoms with E-state index in [0.29, 0.717) is 12.8 Å². The van der Waals surface area contributed by atoms with Gasteiger partial charge in [-0.25, -0.2) is 0 Å². The maximum atomic E-state index is 12.3. The summed E-state index contributed by atoms with van der Waals surface area (Å²) in [5.74, 6) is -3.84. The molecular formula is C32H59NO8S. The Labute approximate surface area is 255 Å². The van der Waals surface area contributed by atoms with Crippen LogP contribution in [0, 0.1) is 5.41 Å². The maximum Gasteiger partial charge on any atom is 0.335 e. The zero-order chi connectivity index (χ0) is 31.5. The van der Waals surface area contributed by atoms with Gasteiger partial charge in [0.25, 0.3) is 10.1 Å². The van der Waals surface area contributed by atoms with Crippen LogP contribution in [0.25, 0.3) is 0 Å². The lowest BCUT2D eigenvalue weighted by Crippen LogP contribution is -2.35. The second-order valence-corrected chi connectivity index (χ2v) is 13.1. The number of ether oxygens (including phenoxy) is 2. The van der Waals surface area contributed by atoms with E-state index in [0.717, 1.165) is 44.9 Å². The first kappa shape index (κ1) is 40.2. The van der Waals surface area contributed by atoms with Crippen molar-refractivity contribution in [3.63, 3.8) is 0 Å². The van der Waals surface area contributed by atoms with Crippen LogP contribution in [0.5, 0.6) is 0 Å². The molecule has 0 aromatic heterocycles. The van der Waals surface area contributed by atoms with E-state index in [-0.39, 0.29) is 12.8 Å². The van der Waals surface area contributed by atoms with Gasteiger partial charge in [0.15, 0.2) is 11.1 Å². The molecule has 42 heavy (non-hydrogen) atoms. The number of nitrogens with one attached hydrogen (secondary N) is 1. The fraction of sp³-hybridized carbons (Fsp3) is 0.875. The molecule has 0 rings (SSSR count). The number of carbonyl (C=O) groups is 3. The first-order valence-corrected chi connectivity index (χ1v) is 18.1. The van der Waals surface area contributed by atoms with Crippen molar-refractivity contribution in [2.75, 3.05) is 0 Å². The maximum absolute atomic E-state index is 12.3. The summed E-state index contributed by atoms with van der Waals surface area (Å²) >= 11 is 0. The Hall–Kier alpha value is -1.81. The highest BCUT2D eigenvalue weighted by Gasteiger charge is 2.36. The van der Waals surface area contributed by atoms with Crippen molar-refractivity contribution in [1.29, 1.82) is 5.41 Å². The topological polar surface area (TPSA) is 148 Å². The van der Waals surface area contributed by atoms with Crippen molar-refractivity contribution in [3.8, 4) is 0 Å². The summed E-state index contributed by atoms with van der Waals surface area (Å²) in [4.78, 5) is 36.4. The van der Waals surface area contributed by atoms with Crippen LogP contribution in [0.15, 0.2) is 0 Å². The molecule has 10 heteroatoms. The average Bonchev–Trinajstić information content (AvgIpc) is 2.92. The molecule has 0 saturated carbocycles. The van der Waals surface area contributed by atoms with E-state index in [1.54, 1.807) is 0 Å². The van der Waals surface area contributed by atoms with Gasteiger partial charge in [-0.3, -0.25) is 24.3 Å². The Morgan fingerprint density at radius 3 is 1.21 bits per heavy atom. The van der Waals surface area contributed by atoms with Gasteiger partial charge in [-0.2, -0.15) is 8.42 Å². The van der Waals surface area contributed by atoms with Gasteiger partial charge in [-0.1, -0.05) is 142 Å². The number of hydrogen-bond acceptors (Lipinski definition) is 8. The van der Waals surface area contributed by atoms with Crippen LogP contribution in [0.4, 0.5) is 0 Å². The minimum Gasteiger partial charge on any atom is -0.412 e. The third kappa shape index (κ3) is 24.8. The highest BCUT2D eigenvalue weighted by atomic mass is 32.2. The molecule has 246 valence electrons. The van der Waals surface area contributed by atoms with Crippen molar-refractivity contribution in [1.82, 2.24) is 0 Å². The number of carbonyl (C=O) groups excluding carboxylic acids is 3. The van der Waals surface area contributed by atoms with Crippen LogP contribution >= 0.6 is 0 Å². The molecule has 0 amide bonds. The third-order valence-electron chi connectivity index (χ3n) is 7.41. The van der Waals surface area contributed by atoms with Gasteiger partial charge in [0.1, 0.15) is 0 Å². The third-order valence-corrected chi connectivity index (χ3v) is 8.49. The first-order valence-electron chi connectivity index (χ1n) is 16.6.